The average molecular weight is 1270 g/mol. The van der Waals surface area contributed by atoms with E-state index < -0.39 is 16.1 Å². The number of amides is 1. The summed E-state index contributed by atoms with van der Waals surface area (Å²) < 4.78 is 47.7. The summed E-state index contributed by atoms with van der Waals surface area (Å²) in [5.41, 5.74) is 14.6. The quantitative estimate of drug-likeness (QED) is 0.0250. The van der Waals surface area contributed by atoms with E-state index in [0.29, 0.717) is 67.5 Å². The second-order valence-corrected chi connectivity index (χ2v) is 28.7. The SMILES string of the molecule is Cc1c(-c2nc3ccccc3o2)cc(C(C)(C)C)n1CCCO.Cc1c(-c2nc3ccccc3o2)cc(C(C)(C)C)n1CCCOS(C)(=O)=O.Cc1c(C(=O)Nc2ccccc2O)cc(C(C)(C)C)n1CCCO.Cc1c(C(=O)O)cc(C(C)(C)C)n1CCCO. The first-order valence-electron chi connectivity index (χ1n) is 31.1. The van der Waals surface area contributed by atoms with Gasteiger partial charge in [-0.2, -0.15) is 8.42 Å². The van der Waals surface area contributed by atoms with Crippen LogP contribution in [-0.4, -0.2) is 107 Å². The Labute approximate surface area is 536 Å². The van der Waals surface area contributed by atoms with Crippen LogP contribution in [0.4, 0.5) is 5.69 Å². The van der Waals surface area contributed by atoms with Gasteiger partial charge in [-0.1, -0.05) is 119 Å². The molecule has 0 aliphatic rings. The second kappa shape index (κ2) is 30.1. The molecule has 0 radical (unpaired) electrons. The van der Waals surface area contributed by atoms with Gasteiger partial charge in [0.15, 0.2) is 11.2 Å². The van der Waals surface area contributed by atoms with Crippen LogP contribution >= 0.6 is 0 Å². The number of phenols is 1. The van der Waals surface area contributed by atoms with E-state index >= 15 is 0 Å². The molecule has 0 unspecified atom stereocenters. The molecule has 0 spiro atoms. The average Bonchev–Trinajstić information content (AvgIpc) is 1.70. The summed E-state index contributed by atoms with van der Waals surface area (Å²) in [6, 6.07) is 30.1. The highest BCUT2D eigenvalue weighted by molar-refractivity contribution is 7.85. The topological polar surface area (TPSA) is 262 Å². The molecule has 0 saturated heterocycles. The number of carboxylic acid groups (broad SMARTS) is 1. The third-order valence-electron chi connectivity index (χ3n) is 15.7. The molecule has 19 nitrogen and oxygen atoms in total. The number of para-hydroxylation sites is 6. The lowest BCUT2D eigenvalue weighted by Crippen LogP contribution is -2.19. The van der Waals surface area contributed by atoms with Gasteiger partial charge < -0.3 is 58.0 Å². The van der Waals surface area contributed by atoms with Crippen molar-refractivity contribution in [2.75, 3.05) is 38.0 Å². The zero-order chi connectivity index (χ0) is 67.6. The molecule has 20 heteroatoms. The number of fused-ring (bicyclic) bond motifs is 2. The number of carbonyl (C=O) groups is 2. The van der Waals surface area contributed by atoms with E-state index in [1.807, 2.05) is 79.9 Å². The zero-order valence-electron chi connectivity index (χ0n) is 56.4. The number of hydrogen-bond acceptors (Lipinski definition) is 13. The lowest BCUT2D eigenvalue weighted by Gasteiger charge is -2.22. The number of nitrogens with zero attached hydrogens (tertiary/aromatic N) is 6. The highest BCUT2D eigenvalue weighted by Gasteiger charge is 2.29. The van der Waals surface area contributed by atoms with Crippen LogP contribution < -0.4 is 5.32 Å². The maximum absolute atomic E-state index is 12.7. The summed E-state index contributed by atoms with van der Waals surface area (Å²) in [6.45, 7) is 36.8. The molecule has 6 aromatic heterocycles. The van der Waals surface area contributed by atoms with Crippen LogP contribution in [0, 0.1) is 27.7 Å². The maximum atomic E-state index is 12.7. The standard InChI is InChI=1S/C20H26N2O4S.C19H26N2O3.C19H24N2O2.C13H21NO3/c1-14-15(19-21-16-9-6-7-10-17(16)26-19)13-18(20(2,3)4)22(14)11-8-12-25-27(5,23)24;1-13-14(18(24)20-15-8-5-6-9-16(15)23)12-17(19(2,3)4)21(13)10-7-11-22;1-13-14(18-20-15-8-5-6-9-16(15)23-18)12-17(19(2,3)4)21(13)10-7-11-22;1-9-10(12(16)17)8-11(13(2,3)4)14(9)6-5-7-15/h6-7,9-10,13H,8,11-12H2,1-5H3;5-6,8-9,12,22-23H,7,10-11H2,1-4H3,(H,20,24);5-6,8-9,12,22H,7,10-11H2,1-4H3;8,15H,5-7H2,1-4H3,(H,16,17). The van der Waals surface area contributed by atoms with Crippen LogP contribution in [0.2, 0.25) is 0 Å². The van der Waals surface area contributed by atoms with E-state index in [4.69, 9.17) is 28.3 Å². The Bertz CT molecular complexity index is 3960. The number of carbonyl (C=O) groups excluding carboxylic acids is 1. The normalized spacial score (nSPS) is 12.1. The number of carboxylic acids is 1. The molecule has 494 valence electrons. The monoisotopic (exact) mass is 1270 g/mol. The van der Waals surface area contributed by atoms with E-state index in [9.17, 15) is 28.2 Å². The Balaban J connectivity index is 0.000000195. The molecular weight excluding hydrogens is 1170 g/mol. The summed E-state index contributed by atoms with van der Waals surface area (Å²) in [6.07, 6.45) is 3.68. The lowest BCUT2D eigenvalue weighted by molar-refractivity contribution is 0.0695. The molecule has 9 aromatic rings. The highest BCUT2D eigenvalue weighted by atomic mass is 32.2. The summed E-state index contributed by atoms with van der Waals surface area (Å²) >= 11 is 0. The fourth-order valence-corrected chi connectivity index (χ4v) is 11.4. The van der Waals surface area contributed by atoms with Crippen LogP contribution in [0.15, 0.2) is 106 Å². The Kier molecular flexibility index (Phi) is 23.9. The number of nitrogens with one attached hydrogen (secondary N) is 1. The third-order valence-corrected chi connectivity index (χ3v) is 16.3. The molecule has 0 saturated carbocycles. The van der Waals surface area contributed by atoms with Crippen molar-refractivity contribution in [2.45, 2.75) is 184 Å². The van der Waals surface area contributed by atoms with Gasteiger partial charge in [-0.05, 0) is 114 Å². The molecule has 6 N–H and O–H groups in total. The predicted octanol–water partition coefficient (Wildman–Crippen LogP) is 14.2. The minimum Gasteiger partial charge on any atom is -0.506 e. The van der Waals surface area contributed by atoms with Crippen molar-refractivity contribution in [3.8, 4) is 28.7 Å². The first kappa shape index (κ1) is 72.3. The van der Waals surface area contributed by atoms with Crippen molar-refractivity contribution < 1.29 is 56.6 Å². The number of anilines is 1. The first-order valence-corrected chi connectivity index (χ1v) is 32.9. The van der Waals surface area contributed by atoms with E-state index in [-0.39, 0.29) is 59.7 Å². The van der Waals surface area contributed by atoms with Crippen LogP contribution in [0.25, 0.3) is 45.1 Å². The molecule has 1 amide bonds. The molecule has 0 aliphatic carbocycles. The Hall–Kier alpha value is -7.75. The van der Waals surface area contributed by atoms with Gasteiger partial charge in [-0.15, -0.1) is 0 Å². The van der Waals surface area contributed by atoms with Crippen molar-refractivity contribution >= 4 is 49.9 Å². The van der Waals surface area contributed by atoms with Gasteiger partial charge in [0.05, 0.1) is 40.8 Å². The Morgan fingerprint density at radius 2 is 0.868 bits per heavy atom. The first-order chi connectivity index (χ1) is 42.5. The summed E-state index contributed by atoms with van der Waals surface area (Å²) in [7, 11) is -3.41. The molecule has 3 aromatic carbocycles. The number of rotatable bonds is 19. The maximum Gasteiger partial charge on any atom is 0.337 e. The number of benzene rings is 3. The van der Waals surface area contributed by atoms with Gasteiger partial charge >= 0.3 is 5.97 Å². The van der Waals surface area contributed by atoms with E-state index in [2.05, 4.69) is 131 Å². The van der Waals surface area contributed by atoms with Gasteiger partial charge in [0.25, 0.3) is 16.0 Å². The van der Waals surface area contributed by atoms with Crippen LogP contribution in [0.3, 0.4) is 0 Å². The van der Waals surface area contributed by atoms with Crippen molar-refractivity contribution in [1.29, 1.82) is 0 Å². The largest absolute Gasteiger partial charge is 0.506 e. The van der Waals surface area contributed by atoms with Crippen LogP contribution in [0.5, 0.6) is 5.75 Å². The van der Waals surface area contributed by atoms with Gasteiger partial charge in [-0.3, -0.25) is 8.98 Å². The number of hydrogen-bond donors (Lipinski definition) is 6. The van der Waals surface area contributed by atoms with Crippen LogP contribution in [0.1, 0.15) is 175 Å². The minimum absolute atomic E-state index is 0.0183. The number of aromatic nitrogens is 6. The predicted molar refractivity (Wildman–Crippen MR) is 361 cm³/mol. The van der Waals surface area contributed by atoms with Crippen molar-refractivity contribution in [3.63, 3.8) is 0 Å². The van der Waals surface area contributed by atoms with Crippen molar-refractivity contribution in [2.24, 2.45) is 0 Å². The molecular formula is C71H97N7O12S. The van der Waals surface area contributed by atoms with Gasteiger partial charge in [0.1, 0.15) is 16.8 Å². The summed E-state index contributed by atoms with van der Waals surface area (Å²) in [5.74, 6) is 0.166. The molecule has 0 fully saturated rings. The van der Waals surface area contributed by atoms with E-state index in [0.717, 1.165) is 92.4 Å². The number of oxazole rings is 2. The van der Waals surface area contributed by atoms with Gasteiger partial charge in [-0.25, -0.2) is 14.8 Å². The number of phenolic OH excluding ortho intramolecular Hbond substituents is 1. The summed E-state index contributed by atoms with van der Waals surface area (Å²) in [5, 5.41) is 48.9. The minimum atomic E-state index is -3.41. The lowest BCUT2D eigenvalue weighted by atomic mass is 9.91. The Morgan fingerprint density at radius 1 is 0.516 bits per heavy atom. The molecule has 0 atom stereocenters. The van der Waals surface area contributed by atoms with Gasteiger partial charge in [0, 0.05) is 113 Å². The number of aliphatic hydroxyl groups is 3. The van der Waals surface area contributed by atoms with Crippen LogP contribution in [-0.2, 0) is 62.1 Å². The Morgan fingerprint density at radius 3 is 1.24 bits per heavy atom. The zero-order valence-corrected chi connectivity index (χ0v) is 57.2. The molecule has 0 bridgehead atoms. The smallest absolute Gasteiger partial charge is 0.337 e. The van der Waals surface area contributed by atoms with E-state index in [1.165, 1.54) is 11.8 Å². The molecule has 91 heavy (non-hydrogen) atoms. The van der Waals surface area contributed by atoms with Crippen molar-refractivity contribution in [1.82, 2.24) is 28.2 Å². The number of aromatic hydroxyl groups is 1. The second-order valence-electron chi connectivity index (χ2n) is 27.1. The molecule has 9 rings (SSSR count). The fourth-order valence-electron chi connectivity index (χ4n) is 11.0. The van der Waals surface area contributed by atoms with E-state index in [1.54, 1.807) is 24.3 Å². The summed E-state index contributed by atoms with van der Waals surface area (Å²) in [4.78, 5) is 33.1. The van der Waals surface area contributed by atoms with Crippen molar-refractivity contribution in [3.05, 3.63) is 154 Å². The number of aliphatic hydroxyl groups excluding tert-OH is 3. The highest BCUT2D eigenvalue weighted by Crippen LogP contribution is 2.37. The number of aromatic carboxylic acids is 1. The molecule has 0 aliphatic heterocycles. The molecule has 6 heterocycles. The van der Waals surface area contributed by atoms with Gasteiger partial charge in [0.2, 0.25) is 11.8 Å². The fraction of sp³-hybridized carbons (Fsp3) is 0.465. The third kappa shape index (κ3) is 18.5.